The number of hydrogen-bond donors (Lipinski definition) is 1. The van der Waals surface area contributed by atoms with E-state index in [1.807, 2.05) is 22.9 Å². The molecule has 0 unspecified atom stereocenters. The minimum absolute atomic E-state index is 0.159. The van der Waals surface area contributed by atoms with Gasteiger partial charge in [-0.3, -0.25) is 4.79 Å². The van der Waals surface area contributed by atoms with Crippen LogP contribution < -0.4 is 5.32 Å². The molecule has 25 heavy (non-hydrogen) atoms. The summed E-state index contributed by atoms with van der Waals surface area (Å²) in [6.45, 7) is 0. The predicted molar refractivity (Wildman–Crippen MR) is 93.7 cm³/mol. The maximum atomic E-state index is 12.4. The highest BCUT2D eigenvalue weighted by atomic mass is 35.5. The fourth-order valence-corrected chi connectivity index (χ4v) is 2.70. The summed E-state index contributed by atoms with van der Waals surface area (Å²) in [5.74, 6) is 0.361. The molecule has 2 heterocycles. The Hall–Kier alpha value is -2.51. The lowest BCUT2D eigenvalue weighted by atomic mass is 10.1. The number of hydrogen-bond acceptors (Lipinski definition) is 5. The largest absolute Gasteiger partial charge is 0.322 e. The smallest absolute Gasteiger partial charge is 0.257 e. The summed E-state index contributed by atoms with van der Waals surface area (Å²) < 4.78 is 1.82. The normalized spacial score (nSPS) is 13.7. The third-order valence-corrected chi connectivity index (χ3v) is 4.51. The van der Waals surface area contributed by atoms with Crippen molar-refractivity contribution < 1.29 is 4.79 Å². The molecule has 1 saturated carbocycles. The number of pyridine rings is 1. The fourth-order valence-electron chi connectivity index (χ4n) is 2.43. The molecule has 0 atom stereocenters. The number of tetrazole rings is 1. The van der Waals surface area contributed by atoms with Gasteiger partial charge in [0.05, 0.1) is 16.6 Å². The molecule has 1 aromatic carbocycles. The van der Waals surface area contributed by atoms with Crippen molar-refractivity contribution in [2.75, 3.05) is 5.32 Å². The Kier molecular flexibility index (Phi) is 4.10. The van der Waals surface area contributed by atoms with Crippen LogP contribution >= 0.6 is 23.2 Å². The lowest BCUT2D eigenvalue weighted by Crippen LogP contribution is -2.12. The van der Waals surface area contributed by atoms with Gasteiger partial charge in [-0.2, -0.15) is 0 Å². The molecule has 0 radical (unpaired) electrons. The molecule has 0 aliphatic heterocycles. The quantitative estimate of drug-likeness (QED) is 0.704. The SMILES string of the molecule is O=C(Nc1cccc(-c2nnnn2C2CC2)c1)c1cnc(Cl)c(Cl)c1. The molecular weight excluding hydrogens is 363 g/mol. The summed E-state index contributed by atoms with van der Waals surface area (Å²) >= 11 is 11.7. The van der Waals surface area contributed by atoms with Crippen LogP contribution in [0.1, 0.15) is 29.2 Å². The van der Waals surface area contributed by atoms with Gasteiger partial charge >= 0.3 is 0 Å². The molecule has 1 N–H and O–H groups in total. The van der Waals surface area contributed by atoms with Gasteiger partial charge < -0.3 is 5.32 Å². The summed E-state index contributed by atoms with van der Waals surface area (Å²) in [7, 11) is 0. The van der Waals surface area contributed by atoms with Crippen LogP contribution in [-0.4, -0.2) is 31.1 Å². The van der Waals surface area contributed by atoms with Crippen LogP contribution in [0.2, 0.25) is 10.2 Å². The second kappa shape index (κ2) is 6.42. The summed E-state index contributed by atoms with van der Waals surface area (Å²) in [5, 5.41) is 15.1. The standard InChI is InChI=1S/C16H12Cl2N6O/c17-13-7-10(8-19-14(13)18)16(25)20-11-3-1-2-9(6-11)15-21-22-23-24(15)12-4-5-12/h1-3,6-8,12H,4-5H2,(H,20,25). The second-order valence-corrected chi connectivity index (χ2v) is 6.48. The molecule has 1 fully saturated rings. The van der Waals surface area contributed by atoms with E-state index in [2.05, 4.69) is 25.8 Å². The van der Waals surface area contributed by atoms with Crippen molar-refractivity contribution in [3.05, 3.63) is 52.3 Å². The van der Waals surface area contributed by atoms with Crippen LogP contribution in [0.5, 0.6) is 0 Å². The van der Waals surface area contributed by atoms with Crippen LogP contribution in [0.3, 0.4) is 0 Å². The highest BCUT2D eigenvalue weighted by Gasteiger charge is 2.28. The molecule has 1 amide bonds. The molecule has 0 saturated heterocycles. The van der Waals surface area contributed by atoms with E-state index in [4.69, 9.17) is 23.2 Å². The number of amides is 1. The van der Waals surface area contributed by atoms with Crippen molar-refractivity contribution in [3.8, 4) is 11.4 Å². The minimum atomic E-state index is -0.329. The first-order valence-electron chi connectivity index (χ1n) is 7.62. The fraction of sp³-hybridized carbons (Fsp3) is 0.188. The van der Waals surface area contributed by atoms with E-state index in [1.165, 1.54) is 12.3 Å². The van der Waals surface area contributed by atoms with Gasteiger partial charge in [-0.15, -0.1) is 5.10 Å². The molecule has 0 bridgehead atoms. The van der Waals surface area contributed by atoms with E-state index in [1.54, 1.807) is 6.07 Å². The van der Waals surface area contributed by atoms with Crippen LogP contribution in [0.4, 0.5) is 5.69 Å². The van der Waals surface area contributed by atoms with Crippen molar-refractivity contribution in [2.45, 2.75) is 18.9 Å². The van der Waals surface area contributed by atoms with Crippen LogP contribution in [0, 0.1) is 0 Å². The third-order valence-electron chi connectivity index (χ3n) is 3.82. The molecule has 7 nitrogen and oxygen atoms in total. The van der Waals surface area contributed by atoms with Gasteiger partial charge in [0.1, 0.15) is 5.15 Å². The van der Waals surface area contributed by atoms with Crippen molar-refractivity contribution in [2.24, 2.45) is 0 Å². The number of benzene rings is 1. The van der Waals surface area contributed by atoms with Crippen molar-refractivity contribution in [1.29, 1.82) is 0 Å². The molecule has 3 aromatic rings. The van der Waals surface area contributed by atoms with Gasteiger partial charge in [0.2, 0.25) is 0 Å². The van der Waals surface area contributed by atoms with Crippen molar-refractivity contribution in [3.63, 3.8) is 0 Å². The van der Waals surface area contributed by atoms with Gasteiger partial charge in [-0.25, -0.2) is 9.67 Å². The van der Waals surface area contributed by atoms with Gasteiger partial charge in [0, 0.05) is 17.4 Å². The molecule has 2 aromatic heterocycles. The predicted octanol–water partition coefficient (Wildman–Crippen LogP) is 3.63. The Bertz CT molecular complexity index is 953. The Labute approximate surface area is 153 Å². The monoisotopic (exact) mass is 374 g/mol. The zero-order chi connectivity index (χ0) is 17.4. The topological polar surface area (TPSA) is 85.6 Å². The molecule has 1 aliphatic rings. The Morgan fingerprint density at radius 2 is 2.08 bits per heavy atom. The number of halogens is 2. The van der Waals surface area contributed by atoms with Crippen LogP contribution in [0.15, 0.2) is 36.5 Å². The first-order valence-corrected chi connectivity index (χ1v) is 8.38. The number of nitrogens with zero attached hydrogens (tertiary/aromatic N) is 5. The second-order valence-electron chi connectivity index (χ2n) is 5.71. The van der Waals surface area contributed by atoms with Crippen LogP contribution in [-0.2, 0) is 0 Å². The van der Waals surface area contributed by atoms with Gasteiger partial charge in [0.15, 0.2) is 5.82 Å². The van der Waals surface area contributed by atoms with Gasteiger partial charge in [0.25, 0.3) is 5.91 Å². The molecule has 1 aliphatic carbocycles. The molecule has 0 spiro atoms. The maximum absolute atomic E-state index is 12.4. The van der Waals surface area contributed by atoms with Crippen LogP contribution in [0.25, 0.3) is 11.4 Å². The summed E-state index contributed by atoms with van der Waals surface area (Å²) in [5.41, 5.74) is 1.78. The lowest BCUT2D eigenvalue weighted by molar-refractivity contribution is 0.102. The number of carbonyl (C=O) groups is 1. The van der Waals surface area contributed by atoms with E-state index >= 15 is 0 Å². The van der Waals surface area contributed by atoms with E-state index in [-0.39, 0.29) is 16.1 Å². The first kappa shape index (κ1) is 16.0. The molecular formula is C16H12Cl2N6O. The summed E-state index contributed by atoms with van der Waals surface area (Å²) in [6, 6.07) is 9.20. The van der Waals surface area contributed by atoms with Gasteiger partial charge in [-0.1, -0.05) is 35.3 Å². The zero-order valence-electron chi connectivity index (χ0n) is 12.9. The average Bonchev–Trinajstić information content (AvgIpc) is 3.34. The third kappa shape index (κ3) is 3.33. The average molecular weight is 375 g/mol. The van der Waals surface area contributed by atoms with E-state index in [0.717, 1.165) is 18.4 Å². The Morgan fingerprint density at radius 1 is 1.24 bits per heavy atom. The molecule has 126 valence electrons. The number of rotatable bonds is 4. The number of nitrogens with one attached hydrogen (secondary N) is 1. The number of aromatic nitrogens is 5. The zero-order valence-corrected chi connectivity index (χ0v) is 14.4. The first-order chi connectivity index (χ1) is 12.1. The van der Waals surface area contributed by atoms with Crippen molar-refractivity contribution in [1.82, 2.24) is 25.2 Å². The highest BCUT2D eigenvalue weighted by molar-refractivity contribution is 6.41. The Morgan fingerprint density at radius 3 is 2.84 bits per heavy atom. The Balaban J connectivity index is 1.58. The van der Waals surface area contributed by atoms with E-state index in [9.17, 15) is 4.79 Å². The highest BCUT2D eigenvalue weighted by Crippen LogP contribution is 2.36. The maximum Gasteiger partial charge on any atom is 0.257 e. The summed E-state index contributed by atoms with van der Waals surface area (Å²) in [4.78, 5) is 16.2. The van der Waals surface area contributed by atoms with Crippen molar-refractivity contribution >= 4 is 34.8 Å². The number of anilines is 1. The van der Waals surface area contributed by atoms with Gasteiger partial charge in [-0.05, 0) is 41.5 Å². The van der Waals surface area contributed by atoms with E-state index in [0.29, 0.717) is 23.1 Å². The molecule has 9 heteroatoms. The summed E-state index contributed by atoms with van der Waals surface area (Å²) in [6.07, 6.45) is 3.54. The molecule has 4 rings (SSSR count). The van der Waals surface area contributed by atoms with E-state index < -0.39 is 0 Å². The lowest BCUT2D eigenvalue weighted by Gasteiger charge is -2.08. The minimum Gasteiger partial charge on any atom is -0.322 e. The number of carbonyl (C=O) groups excluding carboxylic acids is 1.